The highest BCUT2D eigenvalue weighted by atomic mass is 35.6. The van der Waals surface area contributed by atoms with Gasteiger partial charge in [0.25, 0.3) is 0 Å². The Morgan fingerprint density at radius 3 is 1.88 bits per heavy atom. The van der Waals surface area contributed by atoms with Crippen LogP contribution in [0.5, 0.6) is 0 Å². The topological polar surface area (TPSA) is 0 Å². The standard InChI is InChI=1S/C13H9Cl3.H2S/c14-13(15,16)12-8-4-7-11(9-12)10-5-2-1-3-6-10;/h1-9H;1H2. The Morgan fingerprint density at radius 2 is 1.29 bits per heavy atom. The van der Waals surface area contributed by atoms with E-state index in [9.17, 15) is 0 Å². The highest BCUT2D eigenvalue weighted by Gasteiger charge is 2.22. The Kier molecular flexibility index (Phi) is 5.21. The average molecular weight is 306 g/mol. The first-order valence-corrected chi connectivity index (χ1v) is 5.93. The van der Waals surface area contributed by atoms with E-state index in [0.717, 1.165) is 11.1 Å². The molecule has 2 aromatic rings. The molecule has 0 bridgehead atoms. The highest BCUT2D eigenvalue weighted by Crippen LogP contribution is 2.39. The molecule has 0 atom stereocenters. The van der Waals surface area contributed by atoms with Crippen molar-refractivity contribution in [3.05, 3.63) is 60.2 Å². The van der Waals surface area contributed by atoms with Crippen LogP contribution in [0.4, 0.5) is 0 Å². The van der Waals surface area contributed by atoms with Crippen molar-refractivity contribution in [1.29, 1.82) is 0 Å². The fraction of sp³-hybridized carbons (Fsp3) is 0.0769. The van der Waals surface area contributed by atoms with Crippen LogP contribution in [0.2, 0.25) is 0 Å². The van der Waals surface area contributed by atoms with Crippen molar-refractivity contribution >= 4 is 48.3 Å². The molecule has 0 radical (unpaired) electrons. The third kappa shape index (κ3) is 3.82. The summed E-state index contributed by atoms with van der Waals surface area (Å²) in [6, 6.07) is 17.6. The molecule has 0 amide bonds. The summed E-state index contributed by atoms with van der Waals surface area (Å²) >= 11 is 17.5. The molecule has 0 aliphatic rings. The molecule has 0 fully saturated rings. The van der Waals surface area contributed by atoms with Crippen LogP contribution >= 0.6 is 48.3 Å². The summed E-state index contributed by atoms with van der Waals surface area (Å²) in [5, 5.41) is 0. The number of hydrogen-bond acceptors (Lipinski definition) is 0. The van der Waals surface area contributed by atoms with Gasteiger partial charge < -0.3 is 0 Å². The summed E-state index contributed by atoms with van der Waals surface area (Å²) in [7, 11) is 0. The molecule has 2 rings (SSSR count). The van der Waals surface area contributed by atoms with E-state index in [1.807, 2.05) is 48.5 Å². The fourth-order valence-corrected chi connectivity index (χ4v) is 1.86. The molecule has 2 aromatic carbocycles. The Bertz CT molecular complexity index is 478. The molecule has 0 aliphatic carbocycles. The van der Waals surface area contributed by atoms with Crippen LogP contribution in [0.3, 0.4) is 0 Å². The normalized spacial score (nSPS) is 10.8. The van der Waals surface area contributed by atoms with Crippen LogP contribution in [0.15, 0.2) is 54.6 Å². The van der Waals surface area contributed by atoms with Gasteiger partial charge in [0.15, 0.2) is 0 Å². The van der Waals surface area contributed by atoms with E-state index >= 15 is 0 Å². The molecule has 4 heteroatoms. The van der Waals surface area contributed by atoms with Crippen LogP contribution in [-0.4, -0.2) is 0 Å². The Morgan fingerprint density at radius 1 is 0.706 bits per heavy atom. The van der Waals surface area contributed by atoms with Crippen molar-refractivity contribution in [1.82, 2.24) is 0 Å². The van der Waals surface area contributed by atoms with Gasteiger partial charge in [-0.3, -0.25) is 0 Å². The summed E-state index contributed by atoms with van der Waals surface area (Å²) in [6.07, 6.45) is 0. The van der Waals surface area contributed by atoms with Gasteiger partial charge in [0.1, 0.15) is 0 Å². The van der Waals surface area contributed by atoms with E-state index in [-0.39, 0.29) is 13.5 Å². The van der Waals surface area contributed by atoms with Gasteiger partial charge >= 0.3 is 0 Å². The molecule has 0 saturated carbocycles. The molecule has 0 saturated heterocycles. The second kappa shape index (κ2) is 6.01. The first-order chi connectivity index (χ1) is 7.57. The summed E-state index contributed by atoms with van der Waals surface area (Å²) in [5.41, 5.74) is 2.84. The number of benzene rings is 2. The minimum Gasteiger partial charge on any atom is -0.197 e. The summed E-state index contributed by atoms with van der Waals surface area (Å²) in [6.45, 7) is 0. The van der Waals surface area contributed by atoms with Gasteiger partial charge in [0.05, 0.1) is 0 Å². The Labute approximate surface area is 123 Å². The van der Waals surface area contributed by atoms with E-state index in [1.54, 1.807) is 6.07 Å². The molecule has 0 aliphatic heterocycles. The predicted octanol–water partition coefficient (Wildman–Crippen LogP) is 5.29. The van der Waals surface area contributed by atoms with E-state index < -0.39 is 3.79 Å². The van der Waals surface area contributed by atoms with Crippen molar-refractivity contribution in [3.63, 3.8) is 0 Å². The van der Waals surface area contributed by atoms with Crippen molar-refractivity contribution in [2.75, 3.05) is 0 Å². The van der Waals surface area contributed by atoms with Gasteiger partial charge in [-0.25, -0.2) is 0 Å². The molecular formula is C13H11Cl3S. The van der Waals surface area contributed by atoms with Crippen molar-refractivity contribution in [2.24, 2.45) is 0 Å². The van der Waals surface area contributed by atoms with Crippen molar-refractivity contribution in [2.45, 2.75) is 3.79 Å². The number of hydrogen-bond donors (Lipinski definition) is 0. The van der Waals surface area contributed by atoms with Crippen LogP contribution in [0, 0.1) is 0 Å². The fourth-order valence-electron chi connectivity index (χ4n) is 1.51. The monoisotopic (exact) mass is 304 g/mol. The zero-order valence-electron chi connectivity index (χ0n) is 8.83. The summed E-state index contributed by atoms with van der Waals surface area (Å²) in [5.74, 6) is 0. The third-order valence-electron chi connectivity index (χ3n) is 2.30. The summed E-state index contributed by atoms with van der Waals surface area (Å²) in [4.78, 5) is 0. The van der Waals surface area contributed by atoms with Crippen molar-refractivity contribution in [3.8, 4) is 11.1 Å². The number of rotatable bonds is 1. The zero-order chi connectivity index (χ0) is 11.6. The van der Waals surface area contributed by atoms with Crippen LogP contribution in [0.25, 0.3) is 11.1 Å². The lowest BCUT2D eigenvalue weighted by molar-refractivity contribution is 1.24. The molecule has 0 N–H and O–H groups in total. The minimum absolute atomic E-state index is 0. The molecular weight excluding hydrogens is 295 g/mol. The average Bonchev–Trinajstić information content (AvgIpc) is 2.29. The Balaban J connectivity index is 0.00000144. The van der Waals surface area contributed by atoms with Gasteiger partial charge in [-0.2, -0.15) is 13.5 Å². The SMILES string of the molecule is ClC(Cl)(Cl)c1cccc(-c2ccccc2)c1.S. The lowest BCUT2D eigenvalue weighted by atomic mass is 10.0. The van der Waals surface area contributed by atoms with Crippen LogP contribution in [-0.2, 0) is 3.79 Å². The molecule has 90 valence electrons. The van der Waals surface area contributed by atoms with E-state index in [0.29, 0.717) is 5.56 Å². The van der Waals surface area contributed by atoms with Crippen LogP contribution in [0.1, 0.15) is 5.56 Å². The van der Waals surface area contributed by atoms with Gasteiger partial charge in [-0.15, -0.1) is 0 Å². The summed E-state index contributed by atoms with van der Waals surface area (Å²) < 4.78 is -1.37. The third-order valence-corrected chi connectivity index (χ3v) is 2.95. The molecule has 0 aromatic heterocycles. The quantitative estimate of drug-likeness (QED) is 0.628. The molecule has 0 heterocycles. The highest BCUT2D eigenvalue weighted by molar-refractivity contribution is 7.59. The largest absolute Gasteiger partial charge is 0.216 e. The van der Waals surface area contributed by atoms with Gasteiger partial charge in [0.2, 0.25) is 3.79 Å². The maximum absolute atomic E-state index is 5.85. The van der Waals surface area contributed by atoms with Gasteiger partial charge in [-0.05, 0) is 17.2 Å². The molecule has 0 spiro atoms. The van der Waals surface area contributed by atoms with E-state index in [2.05, 4.69) is 0 Å². The first kappa shape index (κ1) is 14.7. The van der Waals surface area contributed by atoms with E-state index in [4.69, 9.17) is 34.8 Å². The Hall–Kier alpha value is -0.340. The zero-order valence-corrected chi connectivity index (χ0v) is 12.1. The van der Waals surface area contributed by atoms with E-state index in [1.165, 1.54) is 0 Å². The maximum Gasteiger partial charge on any atom is 0.216 e. The van der Waals surface area contributed by atoms with Gasteiger partial charge in [-0.1, -0.05) is 83.3 Å². The molecule has 0 nitrogen and oxygen atoms in total. The number of alkyl halides is 3. The predicted molar refractivity (Wildman–Crippen MR) is 81.5 cm³/mol. The number of halogens is 3. The first-order valence-electron chi connectivity index (χ1n) is 4.80. The van der Waals surface area contributed by atoms with Gasteiger partial charge in [0, 0.05) is 5.56 Å². The second-order valence-electron chi connectivity index (χ2n) is 3.44. The van der Waals surface area contributed by atoms with Crippen LogP contribution < -0.4 is 0 Å². The lowest BCUT2D eigenvalue weighted by Crippen LogP contribution is -1.99. The molecule has 0 unspecified atom stereocenters. The van der Waals surface area contributed by atoms with Crippen molar-refractivity contribution < 1.29 is 0 Å². The second-order valence-corrected chi connectivity index (χ2v) is 5.73. The molecule has 17 heavy (non-hydrogen) atoms. The maximum atomic E-state index is 5.85. The smallest absolute Gasteiger partial charge is 0.197 e. The minimum atomic E-state index is -1.37. The lowest BCUT2D eigenvalue weighted by Gasteiger charge is -2.12.